The second-order valence-electron chi connectivity index (χ2n) is 9.41. The monoisotopic (exact) mass is 513 g/mol. The summed E-state index contributed by atoms with van der Waals surface area (Å²) in [5, 5.41) is 2.84. The number of amides is 2. The molecule has 1 aliphatic heterocycles. The minimum atomic E-state index is -0.518. The van der Waals surface area contributed by atoms with Crippen LogP contribution in [0.25, 0.3) is 0 Å². The quantitative estimate of drug-likeness (QED) is 0.529. The van der Waals surface area contributed by atoms with Crippen molar-refractivity contribution >= 4 is 29.3 Å². The Labute approximate surface area is 217 Å². The first-order valence-electron chi connectivity index (χ1n) is 12.2. The Bertz CT molecular complexity index is 1090. The lowest BCUT2D eigenvalue weighted by molar-refractivity contribution is -0.145. The Morgan fingerprint density at radius 2 is 1.62 bits per heavy atom. The molecule has 0 saturated carbocycles. The summed E-state index contributed by atoms with van der Waals surface area (Å²) in [6.07, 6.45) is -0.297. The lowest BCUT2D eigenvalue weighted by Gasteiger charge is -2.36. The van der Waals surface area contributed by atoms with Gasteiger partial charge >= 0.3 is 12.1 Å². The van der Waals surface area contributed by atoms with Crippen molar-refractivity contribution in [1.29, 1.82) is 0 Å². The van der Waals surface area contributed by atoms with Gasteiger partial charge in [-0.3, -0.25) is 4.79 Å². The highest BCUT2D eigenvalue weighted by molar-refractivity contribution is 6.04. The Hall–Kier alpha value is -3.95. The number of benzene rings is 2. The minimum absolute atomic E-state index is 0.238. The number of methoxy groups -OCH3 is 1. The van der Waals surface area contributed by atoms with Gasteiger partial charge in [-0.25, -0.2) is 9.59 Å². The average molecular weight is 514 g/mol. The zero-order valence-electron chi connectivity index (χ0n) is 22.0. The third kappa shape index (κ3) is 8.03. The highest BCUT2D eigenvalue weighted by Crippen LogP contribution is 2.30. The number of nitrogens with one attached hydrogen (secondary N) is 1. The molecule has 0 atom stereocenters. The van der Waals surface area contributed by atoms with Gasteiger partial charge in [0.2, 0.25) is 0 Å². The predicted octanol–water partition coefficient (Wildman–Crippen LogP) is 3.95. The SMILES string of the molecule is CCOC(=O)COc1ccc(NC(=O)c2ccc(N3CCN(C(=O)OC(C)(C)C)CC3)cc2)cc1OC. The van der Waals surface area contributed by atoms with Crippen molar-refractivity contribution in [2.45, 2.75) is 33.3 Å². The molecule has 1 heterocycles. The molecule has 0 radical (unpaired) electrons. The smallest absolute Gasteiger partial charge is 0.410 e. The zero-order chi connectivity index (χ0) is 27.0. The van der Waals surface area contributed by atoms with Gasteiger partial charge in [0.25, 0.3) is 5.91 Å². The van der Waals surface area contributed by atoms with Crippen molar-refractivity contribution in [3.05, 3.63) is 48.0 Å². The maximum absolute atomic E-state index is 12.8. The van der Waals surface area contributed by atoms with Crippen molar-refractivity contribution in [2.75, 3.05) is 56.7 Å². The molecule has 0 unspecified atom stereocenters. The van der Waals surface area contributed by atoms with Gasteiger partial charge in [0.1, 0.15) is 5.60 Å². The number of anilines is 2. The fourth-order valence-corrected chi connectivity index (χ4v) is 3.70. The molecule has 0 bridgehead atoms. The molecular weight excluding hydrogens is 478 g/mol. The van der Waals surface area contributed by atoms with Gasteiger partial charge in [0, 0.05) is 49.2 Å². The standard InChI is InChI=1S/C27H35N3O7/c1-6-35-24(31)18-36-22-12-9-20(17-23(22)34-5)28-25(32)19-7-10-21(11-8-19)29-13-15-30(16-14-29)26(33)37-27(2,3)4/h7-12,17H,6,13-16,18H2,1-5H3,(H,28,32). The van der Waals surface area contributed by atoms with Crippen LogP contribution < -0.4 is 19.7 Å². The second kappa shape index (κ2) is 12.3. The van der Waals surface area contributed by atoms with E-state index in [2.05, 4.69) is 10.2 Å². The van der Waals surface area contributed by atoms with Crippen molar-refractivity contribution < 1.29 is 33.3 Å². The van der Waals surface area contributed by atoms with Crippen LogP contribution >= 0.6 is 0 Å². The molecule has 2 amide bonds. The van der Waals surface area contributed by atoms with E-state index < -0.39 is 11.6 Å². The molecule has 1 N–H and O–H groups in total. The number of carbonyl (C=O) groups is 3. The Morgan fingerprint density at radius 1 is 0.946 bits per heavy atom. The normalized spacial score (nSPS) is 13.5. The molecule has 1 saturated heterocycles. The lowest BCUT2D eigenvalue weighted by atomic mass is 10.1. The number of ether oxygens (including phenoxy) is 4. The first-order valence-corrected chi connectivity index (χ1v) is 12.2. The number of nitrogens with zero attached hydrogens (tertiary/aromatic N) is 2. The van der Waals surface area contributed by atoms with Crippen LogP contribution in [0, 0.1) is 0 Å². The van der Waals surface area contributed by atoms with E-state index in [1.165, 1.54) is 7.11 Å². The fraction of sp³-hybridized carbons (Fsp3) is 0.444. The molecule has 1 fully saturated rings. The van der Waals surface area contributed by atoms with E-state index in [1.54, 1.807) is 42.2 Å². The molecule has 200 valence electrons. The third-order valence-corrected chi connectivity index (χ3v) is 5.50. The third-order valence-electron chi connectivity index (χ3n) is 5.50. The van der Waals surface area contributed by atoms with E-state index in [9.17, 15) is 14.4 Å². The summed E-state index contributed by atoms with van der Waals surface area (Å²) in [7, 11) is 1.48. The molecule has 0 aromatic heterocycles. The summed E-state index contributed by atoms with van der Waals surface area (Å²) in [4.78, 5) is 40.5. The number of hydrogen-bond donors (Lipinski definition) is 1. The van der Waals surface area contributed by atoms with Crippen LogP contribution in [0.5, 0.6) is 11.5 Å². The molecule has 2 aromatic rings. The topological polar surface area (TPSA) is 107 Å². The Balaban J connectivity index is 1.55. The number of rotatable bonds is 8. The summed E-state index contributed by atoms with van der Waals surface area (Å²) in [6.45, 7) is 9.81. The van der Waals surface area contributed by atoms with Gasteiger partial charge in [0.15, 0.2) is 18.1 Å². The number of esters is 1. The lowest BCUT2D eigenvalue weighted by Crippen LogP contribution is -2.50. The van der Waals surface area contributed by atoms with Crippen molar-refractivity contribution in [3.8, 4) is 11.5 Å². The van der Waals surface area contributed by atoms with Crippen LogP contribution in [0.2, 0.25) is 0 Å². The largest absolute Gasteiger partial charge is 0.493 e. The zero-order valence-corrected chi connectivity index (χ0v) is 22.0. The number of hydrogen-bond acceptors (Lipinski definition) is 8. The van der Waals surface area contributed by atoms with E-state index in [0.29, 0.717) is 48.9 Å². The first kappa shape index (κ1) is 27.6. The molecule has 10 heteroatoms. The first-order chi connectivity index (χ1) is 17.6. The van der Waals surface area contributed by atoms with Crippen LogP contribution in [0.1, 0.15) is 38.1 Å². The molecule has 0 spiro atoms. The minimum Gasteiger partial charge on any atom is -0.493 e. The Kier molecular flexibility index (Phi) is 9.21. The summed E-state index contributed by atoms with van der Waals surface area (Å²) >= 11 is 0. The van der Waals surface area contributed by atoms with Crippen LogP contribution in [0.4, 0.5) is 16.2 Å². The van der Waals surface area contributed by atoms with E-state index in [4.69, 9.17) is 18.9 Å². The summed E-state index contributed by atoms with van der Waals surface area (Å²) in [5.74, 6) is -0.00789. The van der Waals surface area contributed by atoms with E-state index >= 15 is 0 Å². The summed E-state index contributed by atoms with van der Waals surface area (Å²) in [6, 6.07) is 12.2. The van der Waals surface area contributed by atoms with Crippen LogP contribution in [-0.4, -0.2) is 75.0 Å². The maximum atomic E-state index is 12.8. The number of carbonyl (C=O) groups excluding carboxylic acids is 3. The van der Waals surface area contributed by atoms with Gasteiger partial charge in [-0.05, 0) is 64.1 Å². The Morgan fingerprint density at radius 3 is 2.22 bits per heavy atom. The summed E-state index contributed by atoms with van der Waals surface area (Å²) < 4.78 is 21.1. The number of piperazine rings is 1. The average Bonchev–Trinajstić information content (AvgIpc) is 2.87. The molecule has 0 aliphatic carbocycles. The van der Waals surface area contributed by atoms with E-state index in [0.717, 1.165) is 5.69 Å². The summed E-state index contributed by atoms with van der Waals surface area (Å²) in [5.41, 5.74) is 1.48. The van der Waals surface area contributed by atoms with Crippen molar-refractivity contribution in [1.82, 2.24) is 4.90 Å². The molecular formula is C27H35N3O7. The van der Waals surface area contributed by atoms with Crippen molar-refractivity contribution in [2.24, 2.45) is 0 Å². The van der Waals surface area contributed by atoms with Gasteiger partial charge in [-0.1, -0.05) is 0 Å². The fourth-order valence-electron chi connectivity index (χ4n) is 3.70. The maximum Gasteiger partial charge on any atom is 0.410 e. The highest BCUT2D eigenvalue weighted by Gasteiger charge is 2.26. The molecule has 2 aromatic carbocycles. The van der Waals surface area contributed by atoms with Crippen LogP contribution in [0.3, 0.4) is 0 Å². The van der Waals surface area contributed by atoms with Crippen LogP contribution in [0.15, 0.2) is 42.5 Å². The van der Waals surface area contributed by atoms with Gasteiger partial charge in [0.05, 0.1) is 13.7 Å². The van der Waals surface area contributed by atoms with Crippen molar-refractivity contribution in [3.63, 3.8) is 0 Å². The van der Waals surface area contributed by atoms with Gasteiger partial charge in [-0.2, -0.15) is 0 Å². The van der Waals surface area contributed by atoms with Crippen LogP contribution in [-0.2, 0) is 14.3 Å². The highest BCUT2D eigenvalue weighted by atomic mass is 16.6. The van der Waals surface area contributed by atoms with Gasteiger partial charge < -0.3 is 34.1 Å². The molecule has 3 rings (SSSR count). The van der Waals surface area contributed by atoms with E-state index in [-0.39, 0.29) is 25.2 Å². The van der Waals surface area contributed by atoms with E-state index in [1.807, 2.05) is 32.9 Å². The van der Waals surface area contributed by atoms with Gasteiger partial charge in [-0.15, -0.1) is 0 Å². The predicted molar refractivity (Wildman–Crippen MR) is 140 cm³/mol. The second-order valence-corrected chi connectivity index (χ2v) is 9.41. The molecule has 10 nitrogen and oxygen atoms in total. The molecule has 1 aliphatic rings. The molecule has 37 heavy (non-hydrogen) atoms.